The van der Waals surface area contributed by atoms with Crippen LogP contribution < -0.4 is 5.56 Å². The molecule has 0 aliphatic carbocycles. The molecule has 2 aromatic heterocycles. The topological polar surface area (TPSA) is 55.0 Å². The summed E-state index contributed by atoms with van der Waals surface area (Å²) in [5, 5.41) is 3.95. The van der Waals surface area contributed by atoms with E-state index in [9.17, 15) is 4.79 Å². The first kappa shape index (κ1) is 16.5. The molecule has 0 aliphatic heterocycles. The number of aromatic amines is 1. The van der Waals surface area contributed by atoms with Crippen LogP contribution in [0, 0.1) is 6.92 Å². The number of rotatable bonds is 5. The molecule has 7 heteroatoms. The highest BCUT2D eigenvalue weighted by Crippen LogP contribution is 2.33. The third-order valence-corrected chi connectivity index (χ3v) is 5.55. The number of halogens is 1. The van der Waals surface area contributed by atoms with Crippen LogP contribution in [0.3, 0.4) is 0 Å². The van der Waals surface area contributed by atoms with Gasteiger partial charge in [-0.2, -0.15) is 0 Å². The molecule has 0 unspecified atom stereocenters. The standard InChI is InChI=1S/C16H15ClN2O2S2/c1-9-7-10(3-4-12(9)17)11-8-23-15-13(11)14(20)18-16(19-15)22-6-5-21-2/h3-4,7-8H,5-6H2,1-2H3,(H,18,19,20). The summed E-state index contributed by atoms with van der Waals surface area (Å²) in [6.07, 6.45) is 0. The van der Waals surface area contributed by atoms with Gasteiger partial charge in [0.25, 0.3) is 5.56 Å². The van der Waals surface area contributed by atoms with Crippen LogP contribution in [0.25, 0.3) is 21.3 Å². The Labute approximate surface area is 146 Å². The summed E-state index contributed by atoms with van der Waals surface area (Å²) in [4.78, 5) is 20.6. The molecule has 0 bridgehead atoms. The van der Waals surface area contributed by atoms with Crippen LogP contribution >= 0.6 is 34.7 Å². The zero-order valence-corrected chi connectivity index (χ0v) is 15.1. The number of hydrogen-bond acceptors (Lipinski definition) is 5. The second-order valence-corrected chi connectivity index (χ2v) is 7.35. The van der Waals surface area contributed by atoms with E-state index in [1.165, 1.54) is 23.1 Å². The van der Waals surface area contributed by atoms with Crippen LogP contribution in [0.4, 0.5) is 0 Å². The molecule has 3 rings (SSSR count). The Kier molecular flexibility index (Phi) is 5.06. The lowest BCUT2D eigenvalue weighted by atomic mass is 10.0. The van der Waals surface area contributed by atoms with Crippen LogP contribution in [0.15, 0.2) is 33.5 Å². The number of hydrogen-bond donors (Lipinski definition) is 1. The summed E-state index contributed by atoms with van der Waals surface area (Å²) < 4.78 is 5.02. The molecule has 0 saturated carbocycles. The van der Waals surface area contributed by atoms with E-state index < -0.39 is 0 Å². The number of fused-ring (bicyclic) bond motifs is 1. The average Bonchev–Trinajstić information content (AvgIpc) is 2.95. The zero-order valence-electron chi connectivity index (χ0n) is 12.7. The Morgan fingerprint density at radius 3 is 3.00 bits per heavy atom. The van der Waals surface area contributed by atoms with Gasteiger partial charge < -0.3 is 9.72 Å². The number of ether oxygens (including phenoxy) is 1. The molecule has 1 aromatic carbocycles. The van der Waals surface area contributed by atoms with Crippen molar-refractivity contribution in [1.29, 1.82) is 0 Å². The van der Waals surface area contributed by atoms with Gasteiger partial charge in [-0.3, -0.25) is 4.79 Å². The summed E-state index contributed by atoms with van der Waals surface area (Å²) in [5.74, 6) is 0.750. The fraction of sp³-hybridized carbons (Fsp3) is 0.250. The largest absolute Gasteiger partial charge is 0.384 e. The smallest absolute Gasteiger partial charge is 0.260 e. The van der Waals surface area contributed by atoms with Crippen molar-refractivity contribution in [3.63, 3.8) is 0 Å². The lowest BCUT2D eigenvalue weighted by Crippen LogP contribution is -2.09. The van der Waals surface area contributed by atoms with Gasteiger partial charge in [0.2, 0.25) is 0 Å². The van der Waals surface area contributed by atoms with E-state index in [-0.39, 0.29) is 5.56 Å². The van der Waals surface area contributed by atoms with E-state index in [2.05, 4.69) is 9.97 Å². The summed E-state index contributed by atoms with van der Waals surface area (Å²) in [7, 11) is 1.65. The third-order valence-electron chi connectivity index (χ3n) is 3.42. The van der Waals surface area contributed by atoms with Gasteiger partial charge in [0, 0.05) is 28.8 Å². The quantitative estimate of drug-likeness (QED) is 0.414. The monoisotopic (exact) mass is 366 g/mol. The Balaban J connectivity index is 2.03. The van der Waals surface area contributed by atoms with Crippen LogP contribution in [-0.2, 0) is 4.74 Å². The normalized spacial score (nSPS) is 11.3. The highest BCUT2D eigenvalue weighted by atomic mass is 35.5. The first-order chi connectivity index (χ1) is 11.1. The van der Waals surface area contributed by atoms with Crippen molar-refractivity contribution >= 4 is 44.9 Å². The van der Waals surface area contributed by atoms with Gasteiger partial charge in [0.05, 0.1) is 12.0 Å². The minimum absolute atomic E-state index is 0.112. The van der Waals surface area contributed by atoms with E-state index in [4.69, 9.17) is 16.3 Å². The van der Waals surface area contributed by atoms with E-state index in [1.807, 2.05) is 30.5 Å². The van der Waals surface area contributed by atoms with Crippen molar-refractivity contribution in [2.75, 3.05) is 19.5 Å². The molecule has 0 atom stereocenters. The first-order valence-corrected chi connectivity index (χ1v) is 9.24. The molecule has 1 N–H and O–H groups in total. The number of nitrogens with one attached hydrogen (secondary N) is 1. The molecular weight excluding hydrogens is 352 g/mol. The molecule has 120 valence electrons. The number of aromatic nitrogens is 2. The number of thiophene rings is 1. The van der Waals surface area contributed by atoms with Gasteiger partial charge in [0.1, 0.15) is 4.83 Å². The van der Waals surface area contributed by atoms with E-state index in [0.29, 0.717) is 17.1 Å². The van der Waals surface area contributed by atoms with Crippen LogP contribution in [0.5, 0.6) is 0 Å². The Bertz CT molecular complexity index is 905. The minimum Gasteiger partial charge on any atom is -0.384 e. The molecule has 0 saturated heterocycles. The van der Waals surface area contributed by atoms with Crippen LogP contribution in [0.2, 0.25) is 5.02 Å². The highest BCUT2D eigenvalue weighted by molar-refractivity contribution is 7.99. The molecule has 3 aromatic rings. The molecule has 0 radical (unpaired) electrons. The van der Waals surface area contributed by atoms with Gasteiger partial charge in [-0.05, 0) is 30.2 Å². The zero-order chi connectivity index (χ0) is 16.4. The Morgan fingerprint density at radius 2 is 2.26 bits per heavy atom. The SMILES string of the molecule is COCCSc1nc2scc(-c3ccc(Cl)c(C)c3)c2c(=O)[nH]1. The molecule has 0 amide bonds. The van der Waals surface area contributed by atoms with Gasteiger partial charge >= 0.3 is 0 Å². The molecule has 0 fully saturated rings. The summed E-state index contributed by atoms with van der Waals surface area (Å²) in [6.45, 7) is 2.57. The maximum absolute atomic E-state index is 12.5. The molecule has 0 spiro atoms. The predicted molar refractivity (Wildman–Crippen MR) is 98.0 cm³/mol. The van der Waals surface area contributed by atoms with Crippen molar-refractivity contribution in [2.45, 2.75) is 12.1 Å². The minimum atomic E-state index is -0.112. The number of aryl methyl sites for hydroxylation is 1. The number of H-pyrrole nitrogens is 1. The maximum atomic E-state index is 12.5. The van der Waals surface area contributed by atoms with E-state index in [0.717, 1.165) is 32.3 Å². The van der Waals surface area contributed by atoms with Gasteiger partial charge in [-0.1, -0.05) is 29.4 Å². The summed E-state index contributed by atoms with van der Waals surface area (Å²) in [6, 6.07) is 5.77. The maximum Gasteiger partial charge on any atom is 0.260 e. The van der Waals surface area contributed by atoms with Crippen molar-refractivity contribution in [2.24, 2.45) is 0 Å². The number of thioether (sulfide) groups is 1. The molecule has 2 heterocycles. The number of nitrogens with zero attached hydrogens (tertiary/aromatic N) is 1. The van der Waals surface area contributed by atoms with Gasteiger partial charge in [-0.25, -0.2) is 4.98 Å². The summed E-state index contributed by atoms with van der Waals surface area (Å²) >= 11 is 9.04. The Morgan fingerprint density at radius 1 is 1.43 bits per heavy atom. The molecule has 0 aliphatic rings. The van der Waals surface area contributed by atoms with Crippen molar-refractivity contribution < 1.29 is 4.74 Å². The molecular formula is C16H15ClN2O2S2. The number of benzene rings is 1. The second-order valence-electron chi connectivity index (χ2n) is 5.01. The van der Waals surface area contributed by atoms with Crippen molar-refractivity contribution in [1.82, 2.24) is 9.97 Å². The third kappa shape index (κ3) is 3.45. The lowest BCUT2D eigenvalue weighted by molar-refractivity contribution is 0.218. The first-order valence-electron chi connectivity index (χ1n) is 7.00. The molecule has 23 heavy (non-hydrogen) atoms. The average molecular weight is 367 g/mol. The van der Waals surface area contributed by atoms with Crippen LogP contribution in [0.1, 0.15) is 5.56 Å². The predicted octanol–water partition coefficient (Wildman–Crippen LogP) is 4.35. The fourth-order valence-corrected chi connectivity index (χ4v) is 4.13. The lowest BCUT2D eigenvalue weighted by Gasteiger charge is -2.04. The number of methoxy groups -OCH3 is 1. The molecule has 4 nitrogen and oxygen atoms in total. The second kappa shape index (κ2) is 7.05. The van der Waals surface area contributed by atoms with E-state index >= 15 is 0 Å². The van der Waals surface area contributed by atoms with Crippen molar-refractivity contribution in [3.05, 3.63) is 44.5 Å². The Hall–Kier alpha value is -1.34. The summed E-state index contributed by atoms with van der Waals surface area (Å²) in [5.41, 5.74) is 2.75. The fourth-order valence-electron chi connectivity index (χ4n) is 2.24. The van der Waals surface area contributed by atoms with Crippen molar-refractivity contribution in [3.8, 4) is 11.1 Å². The van der Waals surface area contributed by atoms with Gasteiger partial charge in [0.15, 0.2) is 5.16 Å². The van der Waals surface area contributed by atoms with E-state index in [1.54, 1.807) is 7.11 Å². The van der Waals surface area contributed by atoms with Crippen LogP contribution in [-0.4, -0.2) is 29.4 Å². The van der Waals surface area contributed by atoms with Gasteiger partial charge in [-0.15, -0.1) is 11.3 Å². The highest BCUT2D eigenvalue weighted by Gasteiger charge is 2.13.